The molecule has 1 saturated carbocycles. The molecule has 1 N–H and O–H groups in total. The molecular formula is C18H20N2O4. The molecule has 2 atom stereocenters. The monoisotopic (exact) mass is 328 g/mol. The molecule has 24 heavy (non-hydrogen) atoms. The van der Waals surface area contributed by atoms with Gasteiger partial charge in [-0.05, 0) is 31.9 Å². The van der Waals surface area contributed by atoms with Gasteiger partial charge in [-0.1, -0.05) is 25.0 Å². The highest BCUT2D eigenvalue weighted by Gasteiger charge is 2.48. The molecule has 6 nitrogen and oxygen atoms in total. The Hall–Kier alpha value is -2.50. The number of imide groups is 1. The minimum Gasteiger partial charge on any atom is -0.324 e. The maximum absolute atomic E-state index is 12.4. The normalized spacial score (nSPS) is 23.1. The standard InChI is InChI=1S/C18H20N2O4/c1-11(21)12-6-4-5-9-15(12)19-16(22)10-20-17(23)13-7-2-3-8-14(13)18(20)24/h4-6,9,13-14H,2-3,7-8,10H2,1H3,(H,19,22). The van der Waals surface area contributed by atoms with E-state index in [2.05, 4.69) is 5.32 Å². The van der Waals surface area contributed by atoms with Crippen molar-refractivity contribution in [1.82, 2.24) is 4.90 Å². The average molecular weight is 328 g/mol. The van der Waals surface area contributed by atoms with E-state index in [1.165, 1.54) is 6.92 Å². The third-order valence-electron chi connectivity index (χ3n) is 4.81. The molecule has 2 fully saturated rings. The van der Waals surface area contributed by atoms with Crippen LogP contribution in [0.5, 0.6) is 0 Å². The number of anilines is 1. The predicted octanol–water partition coefficient (Wildman–Crippen LogP) is 2.00. The van der Waals surface area contributed by atoms with Crippen LogP contribution in [-0.2, 0) is 14.4 Å². The zero-order valence-corrected chi connectivity index (χ0v) is 13.6. The Labute approximate surface area is 140 Å². The van der Waals surface area contributed by atoms with Crippen molar-refractivity contribution in [3.63, 3.8) is 0 Å². The number of likely N-dealkylation sites (tertiary alicyclic amines) is 1. The lowest BCUT2D eigenvalue weighted by molar-refractivity contribution is -0.142. The second kappa shape index (κ2) is 6.55. The summed E-state index contributed by atoms with van der Waals surface area (Å²) in [5.74, 6) is -1.62. The highest BCUT2D eigenvalue weighted by atomic mass is 16.2. The molecule has 3 rings (SSSR count). The topological polar surface area (TPSA) is 83.6 Å². The van der Waals surface area contributed by atoms with Gasteiger partial charge >= 0.3 is 0 Å². The van der Waals surface area contributed by atoms with Crippen LogP contribution >= 0.6 is 0 Å². The van der Waals surface area contributed by atoms with Gasteiger partial charge in [0.2, 0.25) is 17.7 Å². The molecule has 0 bridgehead atoms. The van der Waals surface area contributed by atoms with Crippen molar-refractivity contribution >= 4 is 29.2 Å². The summed E-state index contributed by atoms with van der Waals surface area (Å²) < 4.78 is 0. The molecule has 1 saturated heterocycles. The molecule has 1 aromatic carbocycles. The number of ketones is 1. The minimum absolute atomic E-state index is 0.162. The number of carbonyl (C=O) groups is 4. The number of fused-ring (bicyclic) bond motifs is 1. The van der Waals surface area contributed by atoms with Crippen molar-refractivity contribution in [2.24, 2.45) is 11.8 Å². The highest BCUT2D eigenvalue weighted by molar-refractivity contribution is 6.09. The lowest BCUT2D eigenvalue weighted by Gasteiger charge is -2.19. The van der Waals surface area contributed by atoms with Gasteiger partial charge in [-0.15, -0.1) is 0 Å². The van der Waals surface area contributed by atoms with E-state index < -0.39 is 5.91 Å². The summed E-state index contributed by atoms with van der Waals surface area (Å²) in [5.41, 5.74) is 0.796. The fourth-order valence-corrected chi connectivity index (χ4v) is 3.62. The van der Waals surface area contributed by atoms with Gasteiger partial charge in [0.1, 0.15) is 6.54 Å². The Balaban J connectivity index is 1.70. The number of para-hydroxylation sites is 1. The van der Waals surface area contributed by atoms with E-state index in [4.69, 9.17) is 0 Å². The number of nitrogens with zero attached hydrogens (tertiary/aromatic N) is 1. The summed E-state index contributed by atoms with van der Waals surface area (Å²) in [7, 11) is 0. The van der Waals surface area contributed by atoms with Gasteiger partial charge < -0.3 is 5.32 Å². The average Bonchev–Trinajstić information content (AvgIpc) is 2.80. The van der Waals surface area contributed by atoms with Crippen LogP contribution in [0.2, 0.25) is 0 Å². The van der Waals surface area contributed by atoms with Crippen LogP contribution < -0.4 is 5.32 Å². The quantitative estimate of drug-likeness (QED) is 0.677. The number of benzene rings is 1. The number of amides is 3. The van der Waals surface area contributed by atoms with Crippen molar-refractivity contribution < 1.29 is 19.2 Å². The van der Waals surface area contributed by atoms with Crippen molar-refractivity contribution in [3.8, 4) is 0 Å². The fraction of sp³-hybridized carbons (Fsp3) is 0.444. The summed E-state index contributed by atoms with van der Waals surface area (Å²) in [6, 6.07) is 6.67. The van der Waals surface area contributed by atoms with Gasteiger partial charge in [-0.2, -0.15) is 0 Å². The van der Waals surface area contributed by atoms with Gasteiger partial charge in [0, 0.05) is 5.56 Å². The third-order valence-corrected chi connectivity index (χ3v) is 4.81. The van der Waals surface area contributed by atoms with Crippen LogP contribution in [0.4, 0.5) is 5.69 Å². The van der Waals surface area contributed by atoms with Crippen molar-refractivity contribution in [2.75, 3.05) is 11.9 Å². The van der Waals surface area contributed by atoms with E-state index in [9.17, 15) is 19.2 Å². The Morgan fingerprint density at radius 2 is 1.67 bits per heavy atom. The summed E-state index contributed by atoms with van der Waals surface area (Å²) >= 11 is 0. The number of hydrogen-bond donors (Lipinski definition) is 1. The van der Waals surface area contributed by atoms with Crippen LogP contribution in [-0.4, -0.2) is 34.9 Å². The SMILES string of the molecule is CC(=O)c1ccccc1NC(=O)CN1C(=O)C2CCCCC2C1=O. The van der Waals surface area contributed by atoms with Crippen LogP contribution in [0.1, 0.15) is 43.0 Å². The van der Waals surface area contributed by atoms with Crippen LogP contribution in [0.3, 0.4) is 0 Å². The van der Waals surface area contributed by atoms with Crippen molar-refractivity contribution in [2.45, 2.75) is 32.6 Å². The molecule has 0 radical (unpaired) electrons. The molecule has 0 spiro atoms. The zero-order valence-electron chi connectivity index (χ0n) is 13.6. The third kappa shape index (κ3) is 2.96. The second-order valence-corrected chi connectivity index (χ2v) is 6.41. The van der Waals surface area contributed by atoms with Gasteiger partial charge in [0.25, 0.3) is 0 Å². The molecule has 1 aromatic rings. The van der Waals surface area contributed by atoms with Crippen LogP contribution in [0.15, 0.2) is 24.3 Å². The zero-order chi connectivity index (χ0) is 17.3. The van der Waals surface area contributed by atoms with Gasteiger partial charge in [-0.3, -0.25) is 24.1 Å². The van der Waals surface area contributed by atoms with Gasteiger partial charge in [0.15, 0.2) is 5.78 Å². The number of rotatable bonds is 4. The molecule has 6 heteroatoms. The molecule has 126 valence electrons. The fourth-order valence-electron chi connectivity index (χ4n) is 3.62. The molecule has 1 aliphatic heterocycles. The second-order valence-electron chi connectivity index (χ2n) is 6.41. The maximum atomic E-state index is 12.4. The smallest absolute Gasteiger partial charge is 0.244 e. The van der Waals surface area contributed by atoms with E-state index >= 15 is 0 Å². The Morgan fingerprint density at radius 1 is 1.08 bits per heavy atom. The largest absolute Gasteiger partial charge is 0.324 e. The number of hydrogen-bond acceptors (Lipinski definition) is 4. The minimum atomic E-state index is -0.468. The van der Waals surface area contributed by atoms with E-state index in [1.807, 2.05) is 0 Å². The Bertz CT molecular complexity index is 689. The summed E-state index contributed by atoms with van der Waals surface area (Å²) in [4.78, 5) is 49.7. The van der Waals surface area contributed by atoms with Gasteiger partial charge in [-0.25, -0.2) is 0 Å². The summed E-state index contributed by atoms with van der Waals surface area (Å²) in [6.07, 6.45) is 3.35. The van der Waals surface area contributed by atoms with Gasteiger partial charge in [0.05, 0.1) is 17.5 Å². The highest BCUT2D eigenvalue weighted by Crippen LogP contribution is 2.37. The molecule has 1 heterocycles. The first-order valence-corrected chi connectivity index (χ1v) is 8.24. The van der Waals surface area contributed by atoms with Crippen LogP contribution in [0.25, 0.3) is 0 Å². The molecule has 2 unspecified atom stereocenters. The molecule has 2 aliphatic rings. The lowest BCUT2D eigenvalue weighted by Crippen LogP contribution is -2.38. The first-order valence-electron chi connectivity index (χ1n) is 8.24. The van der Waals surface area contributed by atoms with E-state index in [0.29, 0.717) is 11.3 Å². The molecule has 0 aromatic heterocycles. The van der Waals surface area contributed by atoms with Crippen molar-refractivity contribution in [1.29, 1.82) is 0 Å². The maximum Gasteiger partial charge on any atom is 0.244 e. The van der Waals surface area contributed by atoms with E-state index in [0.717, 1.165) is 30.6 Å². The molecular weight excluding hydrogens is 308 g/mol. The first kappa shape index (κ1) is 16.4. The van der Waals surface area contributed by atoms with E-state index in [1.54, 1.807) is 24.3 Å². The Kier molecular flexibility index (Phi) is 4.46. The summed E-state index contributed by atoms with van der Waals surface area (Å²) in [6.45, 7) is 1.13. The first-order chi connectivity index (χ1) is 11.5. The predicted molar refractivity (Wildman–Crippen MR) is 87.2 cm³/mol. The lowest BCUT2D eigenvalue weighted by atomic mass is 9.81. The number of carbonyl (C=O) groups excluding carboxylic acids is 4. The van der Waals surface area contributed by atoms with E-state index in [-0.39, 0.29) is 36.0 Å². The van der Waals surface area contributed by atoms with Crippen molar-refractivity contribution in [3.05, 3.63) is 29.8 Å². The Morgan fingerprint density at radius 3 is 2.25 bits per heavy atom. The van der Waals surface area contributed by atoms with Crippen LogP contribution in [0, 0.1) is 11.8 Å². The molecule has 1 aliphatic carbocycles. The number of nitrogens with one attached hydrogen (secondary N) is 1. The molecule has 3 amide bonds. The number of Topliss-reactive ketones (excluding diaryl/α,β-unsaturated/α-hetero) is 1. The summed E-state index contributed by atoms with van der Waals surface area (Å²) in [5, 5.41) is 2.64.